The van der Waals surface area contributed by atoms with E-state index in [2.05, 4.69) is 5.32 Å². The lowest BCUT2D eigenvalue weighted by molar-refractivity contribution is -0.396. The van der Waals surface area contributed by atoms with Crippen LogP contribution in [0.15, 0.2) is 11.6 Å². The molecular formula is C31H53NO23. The Morgan fingerprint density at radius 2 is 0.927 bits per heavy atom. The van der Waals surface area contributed by atoms with Crippen LogP contribution in [0.1, 0.15) is 6.92 Å². The van der Waals surface area contributed by atoms with E-state index in [-0.39, 0.29) is 5.57 Å². The molecule has 24 heteroatoms. The molecule has 0 radical (unpaired) electrons. The largest absolute Gasteiger partial charge is 0.394 e. The second-order valence-corrected chi connectivity index (χ2v) is 14.2. The SMILES string of the molecule is CC1O[C@H](O[C@H]2[C@H](O)[C@@H](O)[C@@H](O[C@H]3C(CO)O[C@H](O[C@H]4O[C@H](CO)[C@@H](O)[C@H](O)[C@H]4O)[C@@H](O)[C@@H]3O)O[C@@H]2CO)[C@@H](O)[C@H](O)[C@@H]1N[C@H]1C=C(CO)[C@@H](O)[C@H](O)[C@H]1O. The minimum Gasteiger partial charge on any atom is -0.394 e. The monoisotopic (exact) mass is 807 g/mol. The van der Waals surface area contributed by atoms with Crippen molar-refractivity contribution in [2.24, 2.45) is 0 Å². The average molecular weight is 808 g/mol. The summed E-state index contributed by atoms with van der Waals surface area (Å²) in [6, 6.07) is -2.25. The molecule has 17 N–H and O–H groups in total. The Kier molecular flexibility index (Phi) is 15.3. The first-order valence-electron chi connectivity index (χ1n) is 17.6. The first-order chi connectivity index (χ1) is 26.0. The van der Waals surface area contributed by atoms with Gasteiger partial charge in [-0.1, -0.05) is 6.08 Å². The van der Waals surface area contributed by atoms with E-state index in [1.54, 1.807) is 0 Å². The number of hydrogen-bond donors (Lipinski definition) is 17. The molecule has 4 heterocycles. The summed E-state index contributed by atoms with van der Waals surface area (Å²) in [6.45, 7) is -1.81. The van der Waals surface area contributed by atoms with Gasteiger partial charge >= 0.3 is 0 Å². The minimum atomic E-state index is -2.04. The third kappa shape index (κ3) is 9.03. The molecule has 5 aliphatic rings. The fourth-order valence-corrected chi connectivity index (χ4v) is 7.22. The van der Waals surface area contributed by atoms with Crippen LogP contribution in [0.3, 0.4) is 0 Å². The van der Waals surface area contributed by atoms with Crippen LogP contribution in [0.5, 0.6) is 0 Å². The van der Waals surface area contributed by atoms with E-state index in [4.69, 9.17) is 33.2 Å². The highest BCUT2D eigenvalue weighted by atomic mass is 16.8. The van der Waals surface area contributed by atoms with E-state index < -0.39 is 174 Å². The molecule has 24 nitrogen and oxygen atoms in total. The minimum absolute atomic E-state index is 0.00303. The zero-order chi connectivity index (χ0) is 40.6. The molecule has 4 saturated heterocycles. The van der Waals surface area contributed by atoms with Crippen LogP contribution in [-0.2, 0) is 33.2 Å². The van der Waals surface area contributed by atoms with Crippen molar-refractivity contribution in [3.63, 3.8) is 0 Å². The van der Waals surface area contributed by atoms with Crippen molar-refractivity contribution >= 4 is 0 Å². The van der Waals surface area contributed by atoms with Crippen LogP contribution in [-0.4, -0.2) is 255 Å². The molecule has 0 spiro atoms. The summed E-state index contributed by atoms with van der Waals surface area (Å²) in [5.74, 6) is 0. The van der Waals surface area contributed by atoms with E-state index in [0.717, 1.165) is 0 Å². The molecule has 4 fully saturated rings. The average Bonchev–Trinajstić information content (AvgIpc) is 3.17. The number of ether oxygens (including phenoxy) is 7. The zero-order valence-electron chi connectivity index (χ0n) is 29.3. The first kappa shape index (κ1) is 44.9. The van der Waals surface area contributed by atoms with Gasteiger partial charge in [0.15, 0.2) is 25.2 Å². The molecule has 1 aliphatic carbocycles. The molecule has 4 aliphatic heterocycles. The van der Waals surface area contributed by atoms with Gasteiger partial charge in [0, 0.05) is 0 Å². The summed E-state index contributed by atoms with van der Waals surface area (Å²) in [5.41, 5.74) is -0.00303. The Balaban J connectivity index is 1.21. The van der Waals surface area contributed by atoms with Crippen LogP contribution in [0, 0.1) is 0 Å². The quantitative estimate of drug-likeness (QED) is 0.0814. The summed E-state index contributed by atoms with van der Waals surface area (Å²) in [7, 11) is 0. The molecule has 320 valence electrons. The maximum absolute atomic E-state index is 11.1. The predicted molar refractivity (Wildman–Crippen MR) is 170 cm³/mol. The number of hydrogen-bond acceptors (Lipinski definition) is 24. The summed E-state index contributed by atoms with van der Waals surface area (Å²) in [4.78, 5) is 0. The van der Waals surface area contributed by atoms with Gasteiger partial charge in [0.2, 0.25) is 0 Å². The standard InChI is InChI=1S/C31H53NO23/c1-7-13(32-9-2-8(3-33)14(37)18(41)15(9)38)17(40)22(45)28(49-7)53-26-11(5-35)51-29(24(47)20(26)43)54-27-12(6-36)52-31(25(48)21(27)44)55-30-23(46)19(42)16(39)10(4-34)50-30/h2,7,9-48H,3-6H2,1H3/t7?,9-,10+,11+,12?,13+,14+,15-,16+,17+,18-,19-,20+,21-,22-,23+,24+,25-,26+,27-,28+,29+,30+,31+/m0/s1. The molecule has 5 rings (SSSR count). The van der Waals surface area contributed by atoms with Crippen molar-refractivity contribution in [3.05, 3.63) is 11.6 Å². The van der Waals surface area contributed by atoms with Crippen LogP contribution in [0.2, 0.25) is 0 Å². The van der Waals surface area contributed by atoms with Gasteiger partial charge in [0.05, 0.1) is 44.6 Å². The highest BCUT2D eigenvalue weighted by Gasteiger charge is 2.55. The fraction of sp³-hybridized carbons (Fsp3) is 0.935. The smallest absolute Gasteiger partial charge is 0.189 e. The number of rotatable bonds is 12. The van der Waals surface area contributed by atoms with Crippen molar-refractivity contribution < 1.29 is 115 Å². The molecule has 2 unspecified atom stereocenters. The van der Waals surface area contributed by atoms with E-state index in [1.165, 1.54) is 13.0 Å². The Morgan fingerprint density at radius 1 is 0.491 bits per heavy atom. The zero-order valence-corrected chi connectivity index (χ0v) is 29.3. The van der Waals surface area contributed by atoms with Gasteiger partial charge in [-0.15, -0.1) is 0 Å². The predicted octanol–water partition coefficient (Wildman–Crippen LogP) is -10.7. The maximum atomic E-state index is 11.1. The van der Waals surface area contributed by atoms with Gasteiger partial charge in [0.1, 0.15) is 104 Å². The number of aliphatic hydroxyl groups is 16. The topological polar surface area (TPSA) is 400 Å². The Labute approximate surface area is 312 Å². The fourth-order valence-electron chi connectivity index (χ4n) is 7.22. The second-order valence-electron chi connectivity index (χ2n) is 14.2. The molecule has 24 atom stereocenters. The lowest BCUT2D eigenvalue weighted by Crippen LogP contribution is -2.68. The highest BCUT2D eigenvalue weighted by Crippen LogP contribution is 2.34. The van der Waals surface area contributed by atoms with E-state index in [1.807, 2.05) is 0 Å². The van der Waals surface area contributed by atoms with Crippen molar-refractivity contribution in [2.45, 2.75) is 154 Å². The molecule has 55 heavy (non-hydrogen) atoms. The van der Waals surface area contributed by atoms with Gasteiger partial charge in [-0.05, 0) is 12.5 Å². The molecule has 0 aromatic heterocycles. The van der Waals surface area contributed by atoms with Crippen molar-refractivity contribution in [2.75, 3.05) is 26.4 Å². The molecule has 0 aromatic carbocycles. The summed E-state index contributed by atoms with van der Waals surface area (Å²) < 4.78 is 38.8. The third-order valence-corrected chi connectivity index (χ3v) is 10.6. The van der Waals surface area contributed by atoms with E-state index in [9.17, 15) is 81.7 Å². The van der Waals surface area contributed by atoms with Crippen LogP contribution in [0.25, 0.3) is 0 Å². The lowest BCUT2D eigenvalue weighted by atomic mass is 9.86. The van der Waals surface area contributed by atoms with Crippen LogP contribution in [0.4, 0.5) is 0 Å². The second kappa shape index (κ2) is 18.8. The van der Waals surface area contributed by atoms with Gasteiger partial charge in [-0.3, -0.25) is 0 Å². The van der Waals surface area contributed by atoms with Gasteiger partial charge in [-0.25, -0.2) is 0 Å². The molecular weight excluding hydrogens is 754 g/mol. The van der Waals surface area contributed by atoms with Gasteiger partial charge in [-0.2, -0.15) is 0 Å². The molecule has 0 bridgehead atoms. The summed E-state index contributed by atoms with van der Waals surface area (Å²) >= 11 is 0. The van der Waals surface area contributed by atoms with Crippen LogP contribution >= 0.6 is 0 Å². The Hall–Kier alpha value is -1.22. The van der Waals surface area contributed by atoms with E-state index >= 15 is 0 Å². The summed E-state index contributed by atoms with van der Waals surface area (Å²) in [5, 5.41) is 169. The summed E-state index contributed by atoms with van der Waals surface area (Å²) in [6.07, 6.45) is -36.9. The first-order valence-corrected chi connectivity index (χ1v) is 17.6. The normalized spacial score (nSPS) is 52.5. The third-order valence-electron chi connectivity index (χ3n) is 10.6. The van der Waals surface area contributed by atoms with Crippen LogP contribution < -0.4 is 5.32 Å². The Morgan fingerprint density at radius 3 is 1.42 bits per heavy atom. The van der Waals surface area contributed by atoms with E-state index in [0.29, 0.717) is 0 Å². The molecule has 0 saturated carbocycles. The number of aliphatic hydroxyl groups excluding tert-OH is 16. The highest BCUT2D eigenvalue weighted by molar-refractivity contribution is 5.22. The van der Waals surface area contributed by atoms with Crippen molar-refractivity contribution in [3.8, 4) is 0 Å². The molecule has 0 amide bonds. The Bertz CT molecular complexity index is 1250. The van der Waals surface area contributed by atoms with Crippen molar-refractivity contribution in [1.29, 1.82) is 0 Å². The van der Waals surface area contributed by atoms with Gasteiger partial charge < -0.3 is 120 Å². The molecule has 0 aromatic rings. The number of nitrogens with one attached hydrogen (secondary N) is 1. The van der Waals surface area contributed by atoms with Gasteiger partial charge in [0.25, 0.3) is 0 Å². The van der Waals surface area contributed by atoms with Crippen molar-refractivity contribution in [1.82, 2.24) is 5.32 Å². The lowest BCUT2D eigenvalue weighted by Gasteiger charge is -2.49. The maximum Gasteiger partial charge on any atom is 0.189 e.